The van der Waals surface area contributed by atoms with Crippen LogP contribution in [0.3, 0.4) is 0 Å². The van der Waals surface area contributed by atoms with E-state index in [4.69, 9.17) is 22.1 Å². The summed E-state index contributed by atoms with van der Waals surface area (Å²) in [5, 5.41) is 9.24. The molecule has 1 heterocycles. The SMILES string of the molecule is COc1ccc(Cc2nnc(N)s2)c(F)c1-c1cccc(Cl)c1. The second-order valence-corrected chi connectivity index (χ2v) is 6.37. The van der Waals surface area contributed by atoms with Crippen LogP contribution in [0.5, 0.6) is 5.75 Å². The van der Waals surface area contributed by atoms with E-state index >= 15 is 4.39 Å². The number of anilines is 1. The second-order valence-electron chi connectivity index (χ2n) is 4.84. The zero-order chi connectivity index (χ0) is 16.4. The number of nitrogen functional groups attached to an aromatic ring is 1. The number of methoxy groups -OCH3 is 1. The van der Waals surface area contributed by atoms with Gasteiger partial charge >= 0.3 is 0 Å². The van der Waals surface area contributed by atoms with Crippen molar-refractivity contribution in [3.63, 3.8) is 0 Å². The summed E-state index contributed by atoms with van der Waals surface area (Å²) >= 11 is 7.26. The van der Waals surface area contributed by atoms with Crippen LogP contribution in [0, 0.1) is 5.82 Å². The topological polar surface area (TPSA) is 61.0 Å². The van der Waals surface area contributed by atoms with Gasteiger partial charge in [-0.2, -0.15) is 0 Å². The summed E-state index contributed by atoms with van der Waals surface area (Å²) in [7, 11) is 1.51. The van der Waals surface area contributed by atoms with Gasteiger partial charge in [0.2, 0.25) is 5.13 Å². The van der Waals surface area contributed by atoms with Crippen LogP contribution in [-0.2, 0) is 6.42 Å². The Bertz CT molecular complexity index is 853. The van der Waals surface area contributed by atoms with Gasteiger partial charge in [-0.15, -0.1) is 10.2 Å². The first-order valence-electron chi connectivity index (χ1n) is 6.77. The highest BCUT2D eigenvalue weighted by Gasteiger charge is 2.17. The molecule has 4 nitrogen and oxygen atoms in total. The third-order valence-corrected chi connectivity index (χ3v) is 4.33. The summed E-state index contributed by atoms with van der Waals surface area (Å²) < 4.78 is 20.3. The zero-order valence-electron chi connectivity index (χ0n) is 12.2. The van der Waals surface area contributed by atoms with Gasteiger partial charge in [0.1, 0.15) is 16.6 Å². The molecule has 0 aliphatic carbocycles. The summed E-state index contributed by atoms with van der Waals surface area (Å²) in [5.74, 6) is 0.0886. The van der Waals surface area contributed by atoms with Crippen LogP contribution in [0.1, 0.15) is 10.6 Å². The fourth-order valence-electron chi connectivity index (χ4n) is 2.32. The number of rotatable bonds is 4. The van der Waals surface area contributed by atoms with Gasteiger partial charge in [0.25, 0.3) is 0 Å². The highest BCUT2D eigenvalue weighted by molar-refractivity contribution is 7.15. The monoisotopic (exact) mass is 349 g/mol. The molecule has 3 aromatic rings. The summed E-state index contributed by atoms with van der Waals surface area (Å²) in [4.78, 5) is 0. The second kappa shape index (κ2) is 6.52. The van der Waals surface area contributed by atoms with Gasteiger partial charge in [0, 0.05) is 11.4 Å². The molecule has 2 aromatic carbocycles. The maximum absolute atomic E-state index is 15.0. The van der Waals surface area contributed by atoms with Gasteiger partial charge < -0.3 is 10.5 Å². The molecule has 7 heteroatoms. The van der Waals surface area contributed by atoms with E-state index in [1.54, 1.807) is 36.4 Å². The predicted molar refractivity (Wildman–Crippen MR) is 90.5 cm³/mol. The number of hydrogen-bond donors (Lipinski definition) is 1. The lowest BCUT2D eigenvalue weighted by Crippen LogP contribution is -1.98. The summed E-state index contributed by atoms with van der Waals surface area (Å²) in [6, 6.07) is 10.4. The quantitative estimate of drug-likeness (QED) is 0.767. The highest BCUT2D eigenvalue weighted by Crippen LogP contribution is 2.36. The molecule has 0 amide bonds. The molecular formula is C16H13ClFN3OS. The van der Waals surface area contributed by atoms with Crippen molar-refractivity contribution in [2.45, 2.75) is 6.42 Å². The van der Waals surface area contributed by atoms with Crippen molar-refractivity contribution in [3.8, 4) is 16.9 Å². The minimum Gasteiger partial charge on any atom is -0.496 e. The van der Waals surface area contributed by atoms with Crippen LogP contribution >= 0.6 is 22.9 Å². The van der Waals surface area contributed by atoms with E-state index < -0.39 is 0 Å². The Labute approximate surface area is 141 Å². The van der Waals surface area contributed by atoms with Crippen LogP contribution in [0.2, 0.25) is 5.02 Å². The minimum atomic E-state index is -0.361. The Morgan fingerprint density at radius 3 is 2.74 bits per heavy atom. The van der Waals surface area contributed by atoms with E-state index in [1.165, 1.54) is 18.4 Å². The number of nitrogens with two attached hydrogens (primary N) is 1. The molecule has 0 saturated heterocycles. The molecule has 2 N–H and O–H groups in total. The van der Waals surface area contributed by atoms with Crippen LogP contribution in [0.15, 0.2) is 36.4 Å². The molecule has 23 heavy (non-hydrogen) atoms. The third kappa shape index (κ3) is 3.28. The van der Waals surface area contributed by atoms with Crippen molar-refractivity contribution in [2.24, 2.45) is 0 Å². The van der Waals surface area contributed by atoms with Crippen molar-refractivity contribution < 1.29 is 9.13 Å². The van der Waals surface area contributed by atoms with Gasteiger partial charge in [-0.3, -0.25) is 0 Å². The van der Waals surface area contributed by atoms with Crippen molar-refractivity contribution >= 4 is 28.1 Å². The van der Waals surface area contributed by atoms with Crippen LogP contribution in [0.4, 0.5) is 9.52 Å². The molecule has 3 rings (SSSR count). The molecule has 0 radical (unpaired) electrons. The number of ether oxygens (including phenoxy) is 1. The molecular weight excluding hydrogens is 337 g/mol. The van der Waals surface area contributed by atoms with E-state index in [1.807, 2.05) is 0 Å². The smallest absolute Gasteiger partial charge is 0.203 e. The van der Waals surface area contributed by atoms with Gasteiger partial charge in [-0.1, -0.05) is 41.1 Å². The molecule has 0 spiro atoms. The summed E-state index contributed by atoms with van der Waals surface area (Å²) in [5.41, 5.74) is 7.10. The van der Waals surface area contributed by atoms with E-state index in [-0.39, 0.29) is 5.82 Å². The number of halogens is 2. The van der Waals surface area contributed by atoms with E-state index in [0.717, 1.165) is 0 Å². The molecule has 0 bridgehead atoms. The van der Waals surface area contributed by atoms with Crippen LogP contribution < -0.4 is 10.5 Å². The fourth-order valence-corrected chi connectivity index (χ4v) is 3.14. The first-order chi connectivity index (χ1) is 11.1. The molecule has 0 atom stereocenters. The molecule has 0 aliphatic heterocycles. The molecule has 0 aliphatic rings. The average Bonchev–Trinajstić information content (AvgIpc) is 2.94. The third-order valence-electron chi connectivity index (χ3n) is 3.34. The normalized spacial score (nSPS) is 10.7. The largest absolute Gasteiger partial charge is 0.496 e. The Morgan fingerprint density at radius 1 is 1.26 bits per heavy atom. The first kappa shape index (κ1) is 15.7. The lowest BCUT2D eigenvalue weighted by molar-refractivity contribution is 0.413. The Balaban J connectivity index is 2.08. The highest BCUT2D eigenvalue weighted by atomic mass is 35.5. The molecule has 1 aromatic heterocycles. The van der Waals surface area contributed by atoms with E-state index in [2.05, 4.69) is 10.2 Å². The van der Waals surface area contributed by atoms with Crippen LogP contribution in [-0.4, -0.2) is 17.3 Å². The predicted octanol–water partition coefficient (Wildman–Crippen LogP) is 4.18. The Kier molecular flexibility index (Phi) is 4.45. The molecule has 0 saturated carbocycles. The maximum atomic E-state index is 15.0. The Hall–Kier alpha value is -2.18. The van der Waals surface area contributed by atoms with E-state index in [0.29, 0.717) is 44.0 Å². The van der Waals surface area contributed by atoms with Crippen molar-refractivity contribution in [1.29, 1.82) is 0 Å². The zero-order valence-corrected chi connectivity index (χ0v) is 13.8. The maximum Gasteiger partial charge on any atom is 0.203 e. The van der Waals surface area contributed by atoms with Gasteiger partial charge in [0.15, 0.2) is 0 Å². The lowest BCUT2D eigenvalue weighted by atomic mass is 9.99. The molecule has 0 fully saturated rings. The van der Waals surface area contributed by atoms with Crippen molar-refractivity contribution in [1.82, 2.24) is 10.2 Å². The fraction of sp³-hybridized carbons (Fsp3) is 0.125. The molecule has 0 unspecified atom stereocenters. The number of benzene rings is 2. The van der Waals surface area contributed by atoms with Gasteiger partial charge in [0.05, 0.1) is 12.7 Å². The first-order valence-corrected chi connectivity index (χ1v) is 7.97. The minimum absolute atomic E-state index is 0.318. The summed E-state index contributed by atoms with van der Waals surface area (Å²) in [6.45, 7) is 0. The lowest BCUT2D eigenvalue weighted by Gasteiger charge is -2.13. The van der Waals surface area contributed by atoms with Crippen molar-refractivity contribution in [3.05, 3.63) is 57.8 Å². The van der Waals surface area contributed by atoms with E-state index in [9.17, 15) is 0 Å². The molecule has 118 valence electrons. The number of hydrogen-bond acceptors (Lipinski definition) is 5. The van der Waals surface area contributed by atoms with Gasteiger partial charge in [-0.05, 0) is 29.3 Å². The number of aromatic nitrogens is 2. The standard InChI is InChI=1S/C16H13ClFN3OS/c1-22-12-6-5-10(8-13-20-21-16(19)23-13)15(18)14(12)9-3-2-4-11(17)7-9/h2-7H,8H2,1H3,(H2,19,21). The van der Waals surface area contributed by atoms with Crippen molar-refractivity contribution in [2.75, 3.05) is 12.8 Å². The summed E-state index contributed by atoms with van der Waals surface area (Å²) in [6.07, 6.45) is 0.318. The number of nitrogens with zero attached hydrogens (tertiary/aromatic N) is 2. The van der Waals surface area contributed by atoms with Crippen LogP contribution in [0.25, 0.3) is 11.1 Å². The average molecular weight is 350 g/mol. The Morgan fingerprint density at radius 2 is 2.09 bits per heavy atom. The van der Waals surface area contributed by atoms with Gasteiger partial charge in [-0.25, -0.2) is 4.39 Å².